The minimum atomic E-state index is -1.60. The number of allylic oxidation sites excluding steroid dienone is 2. The van der Waals surface area contributed by atoms with Gasteiger partial charge in [-0.1, -0.05) is 6.07 Å². The number of rotatable bonds is 6. The van der Waals surface area contributed by atoms with Crippen molar-refractivity contribution in [2.75, 3.05) is 0 Å². The van der Waals surface area contributed by atoms with Crippen molar-refractivity contribution < 1.29 is 28.6 Å². The van der Waals surface area contributed by atoms with E-state index in [2.05, 4.69) is 0 Å². The molecule has 2 aromatic rings. The van der Waals surface area contributed by atoms with E-state index in [1.165, 1.54) is 12.1 Å². The Morgan fingerprint density at radius 3 is 2.58 bits per heavy atom. The Kier molecular flexibility index (Phi) is 5.26. The molecule has 1 aromatic carbocycles. The fraction of sp³-hybridized carbons (Fsp3) is 0.0588. The fourth-order valence-electron chi connectivity index (χ4n) is 1.97. The monoisotopic (exact) mass is 333 g/mol. The standard InChI is InChI=1S/C17H13F2NO4/c18-12-4-3-11(15(19)8-12)10-20-7-1-2-13(20)5-6-14(21)9-16(22)17(23)24/h1-9,22H,10H2,(H,23,24)/b6-5+,16-9-. The lowest BCUT2D eigenvalue weighted by atomic mass is 10.2. The van der Waals surface area contributed by atoms with Crippen LogP contribution in [0.3, 0.4) is 0 Å². The van der Waals surface area contributed by atoms with E-state index in [1.807, 2.05) is 0 Å². The normalized spacial score (nSPS) is 11.8. The van der Waals surface area contributed by atoms with Crippen LogP contribution in [0.1, 0.15) is 11.3 Å². The third kappa shape index (κ3) is 4.39. The highest BCUT2D eigenvalue weighted by Crippen LogP contribution is 2.14. The molecule has 1 aromatic heterocycles. The summed E-state index contributed by atoms with van der Waals surface area (Å²) in [5, 5.41) is 17.5. The molecule has 1 heterocycles. The fourth-order valence-corrected chi connectivity index (χ4v) is 1.97. The number of nitrogens with zero attached hydrogens (tertiary/aromatic N) is 1. The molecule has 0 saturated heterocycles. The third-order valence-corrected chi connectivity index (χ3v) is 3.14. The maximum Gasteiger partial charge on any atom is 0.371 e. The van der Waals surface area contributed by atoms with E-state index in [0.717, 1.165) is 18.2 Å². The Hall–Kier alpha value is -3.22. The predicted molar refractivity (Wildman–Crippen MR) is 82.3 cm³/mol. The number of carboxylic acid groups (broad SMARTS) is 1. The number of carboxylic acids is 1. The Balaban J connectivity index is 2.16. The number of hydrogen-bond donors (Lipinski definition) is 2. The van der Waals surface area contributed by atoms with Gasteiger partial charge in [-0.05, 0) is 30.4 Å². The first kappa shape index (κ1) is 17.1. The van der Waals surface area contributed by atoms with Crippen molar-refractivity contribution >= 4 is 17.8 Å². The van der Waals surface area contributed by atoms with Crippen LogP contribution in [0.25, 0.3) is 6.08 Å². The number of carbonyl (C=O) groups is 2. The molecule has 2 N–H and O–H groups in total. The van der Waals surface area contributed by atoms with Gasteiger partial charge in [-0.15, -0.1) is 0 Å². The highest BCUT2D eigenvalue weighted by molar-refractivity contribution is 6.05. The van der Waals surface area contributed by atoms with Crippen LogP contribution in [-0.2, 0) is 16.1 Å². The molecular weight excluding hydrogens is 320 g/mol. The Bertz CT molecular complexity index is 837. The van der Waals surface area contributed by atoms with Crippen molar-refractivity contribution in [1.82, 2.24) is 4.57 Å². The minimum absolute atomic E-state index is 0.128. The van der Waals surface area contributed by atoms with E-state index in [4.69, 9.17) is 10.2 Å². The van der Waals surface area contributed by atoms with Crippen molar-refractivity contribution in [3.63, 3.8) is 0 Å². The molecule has 0 radical (unpaired) electrons. The molecule has 0 aliphatic rings. The van der Waals surface area contributed by atoms with Gasteiger partial charge >= 0.3 is 5.97 Å². The number of aliphatic hydroxyl groups excluding tert-OH is 1. The van der Waals surface area contributed by atoms with Gasteiger partial charge in [0.05, 0.1) is 6.54 Å². The average Bonchev–Trinajstić information content (AvgIpc) is 2.95. The molecule has 0 aliphatic heterocycles. The summed E-state index contributed by atoms with van der Waals surface area (Å²) in [7, 11) is 0. The van der Waals surface area contributed by atoms with Crippen LogP contribution in [0, 0.1) is 11.6 Å². The number of carbonyl (C=O) groups excluding carboxylic acids is 1. The molecule has 24 heavy (non-hydrogen) atoms. The molecule has 0 amide bonds. The topological polar surface area (TPSA) is 79.5 Å². The summed E-state index contributed by atoms with van der Waals surface area (Å²) in [5.74, 6) is -4.72. The smallest absolute Gasteiger partial charge is 0.371 e. The van der Waals surface area contributed by atoms with Gasteiger partial charge < -0.3 is 14.8 Å². The molecule has 2 rings (SSSR count). The second kappa shape index (κ2) is 7.36. The number of aliphatic hydroxyl groups is 1. The molecular formula is C17H13F2NO4. The van der Waals surface area contributed by atoms with Gasteiger partial charge in [-0.3, -0.25) is 4.79 Å². The van der Waals surface area contributed by atoms with Gasteiger partial charge in [0.2, 0.25) is 5.76 Å². The van der Waals surface area contributed by atoms with Crippen LogP contribution >= 0.6 is 0 Å². The van der Waals surface area contributed by atoms with Crippen molar-refractivity contribution in [2.45, 2.75) is 6.54 Å². The average molecular weight is 333 g/mol. The molecule has 0 aliphatic carbocycles. The lowest BCUT2D eigenvalue weighted by molar-refractivity contribution is -0.135. The highest BCUT2D eigenvalue weighted by atomic mass is 19.1. The van der Waals surface area contributed by atoms with E-state index in [1.54, 1.807) is 22.9 Å². The minimum Gasteiger partial charge on any atom is -0.502 e. The lowest BCUT2D eigenvalue weighted by Gasteiger charge is -2.07. The first-order valence-corrected chi connectivity index (χ1v) is 6.82. The van der Waals surface area contributed by atoms with Crippen molar-refractivity contribution in [3.05, 3.63) is 77.3 Å². The molecule has 5 nitrogen and oxygen atoms in total. The molecule has 0 saturated carbocycles. The third-order valence-electron chi connectivity index (χ3n) is 3.14. The second-order valence-electron chi connectivity index (χ2n) is 4.87. The maximum atomic E-state index is 13.7. The Morgan fingerprint density at radius 2 is 1.92 bits per heavy atom. The van der Waals surface area contributed by atoms with Crippen molar-refractivity contribution in [3.8, 4) is 0 Å². The zero-order valence-corrected chi connectivity index (χ0v) is 12.3. The number of hydrogen-bond acceptors (Lipinski definition) is 3. The summed E-state index contributed by atoms with van der Waals surface area (Å²) in [6.07, 6.45) is 4.70. The van der Waals surface area contributed by atoms with E-state index in [0.29, 0.717) is 11.8 Å². The van der Waals surface area contributed by atoms with Gasteiger partial charge in [0, 0.05) is 29.6 Å². The van der Waals surface area contributed by atoms with Crippen LogP contribution < -0.4 is 0 Å². The van der Waals surface area contributed by atoms with Gasteiger partial charge in [-0.2, -0.15) is 0 Å². The van der Waals surface area contributed by atoms with E-state index >= 15 is 0 Å². The van der Waals surface area contributed by atoms with Crippen LogP contribution in [0.2, 0.25) is 0 Å². The number of aliphatic carboxylic acids is 1. The van der Waals surface area contributed by atoms with Crippen LogP contribution in [0.4, 0.5) is 8.78 Å². The summed E-state index contributed by atoms with van der Waals surface area (Å²) in [5.41, 5.74) is 0.826. The number of aromatic nitrogens is 1. The molecule has 7 heteroatoms. The van der Waals surface area contributed by atoms with Crippen LogP contribution in [-0.4, -0.2) is 26.5 Å². The SMILES string of the molecule is O=C(/C=C(\O)C(=O)O)/C=C/c1cccn1Cc1ccc(F)cc1F. The van der Waals surface area contributed by atoms with Crippen LogP contribution in [0.15, 0.2) is 54.4 Å². The van der Waals surface area contributed by atoms with E-state index < -0.39 is 29.1 Å². The van der Waals surface area contributed by atoms with Gasteiger partial charge in [0.25, 0.3) is 0 Å². The molecule has 0 fully saturated rings. The zero-order valence-electron chi connectivity index (χ0n) is 12.3. The maximum absolute atomic E-state index is 13.7. The van der Waals surface area contributed by atoms with Gasteiger partial charge in [0.1, 0.15) is 11.6 Å². The number of ketones is 1. The first-order valence-electron chi connectivity index (χ1n) is 6.82. The Morgan fingerprint density at radius 1 is 1.17 bits per heavy atom. The molecule has 124 valence electrons. The molecule has 0 atom stereocenters. The molecule has 0 spiro atoms. The second-order valence-corrected chi connectivity index (χ2v) is 4.87. The first-order chi connectivity index (χ1) is 11.4. The largest absolute Gasteiger partial charge is 0.502 e. The highest BCUT2D eigenvalue weighted by Gasteiger charge is 2.07. The predicted octanol–water partition coefficient (Wildman–Crippen LogP) is 2.92. The number of benzene rings is 1. The molecule has 0 unspecified atom stereocenters. The van der Waals surface area contributed by atoms with Gasteiger partial charge in [-0.25, -0.2) is 13.6 Å². The van der Waals surface area contributed by atoms with Gasteiger partial charge in [0.15, 0.2) is 5.78 Å². The number of halogens is 2. The zero-order chi connectivity index (χ0) is 17.7. The van der Waals surface area contributed by atoms with Crippen LogP contribution in [0.5, 0.6) is 0 Å². The summed E-state index contributed by atoms with van der Waals surface area (Å²) < 4.78 is 28.2. The lowest BCUT2D eigenvalue weighted by Crippen LogP contribution is -2.03. The van der Waals surface area contributed by atoms with Crippen molar-refractivity contribution in [1.29, 1.82) is 0 Å². The Labute approximate surface area is 135 Å². The summed E-state index contributed by atoms with van der Waals surface area (Å²) in [6, 6.07) is 6.61. The molecule has 0 bridgehead atoms. The van der Waals surface area contributed by atoms with E-state index in [9.17, 15) is 18.4 Å². The summed E-state index contributed by atoms with van der Waals surface area (Å²) in [6.45, 7) is 0.128. The summed E-state index contributed by atoms with van der Waals surface area (Å²) >= 11 is 0. The quantitative estimate of drug-likeness (QED) is 0.629. The summed E-state index contributed by atoms with van der Waals surface area (Å²) in [4.78, 5) is 21.9. The van der Waals surface area contributed by atoms with Crippen molar-refractivity contribution in [2.24, 2.45) is 0 Å². The van der Waals surface area contributed by atoms with E-state index in [-0.39, 0.29) is 12.1 Å².